The van der Waals surface area contributed by atoms with Gasteiger partial charge in [-0.1, -0.05) is 6.92 Å². The fourth-order valence-electron chi connectivity index (χ4n) is 1.49. The maximum atomic E-state index is 11.5. The molecule has 0 atom stereocenters. The number of anilines is 2. The Morgan fingerprint density at radius 3 is 2.76 bits per heavy atom. The van der Waals surface area contributed by atoms with Crippen molar-refractivity contribution in [3.8, 4) is 0 Å². The van der Waals surface area contributed by atoms with Gasteiger partial charge >= 0.3 is 5.97 Å². The molecule has 1 aromatic rings. The van der Waals surface area contributed by atoms with Crippen LogP contribution in [0.1, 0.15) is 20.3 Å². The standard InChI is InChI=1S/C12H19N3O2/c1-3-7-15(9-12(16)17-4-2)11-6-5-10(13)8-14-11/h5-6,8H,3-4,7,9,13H2,1-2H3. The number of hydrogen-bond acceptors (Lipinski definition) is 5. The molecule has 0 fully saturated rings. The van der Waals surface area contributed by atoms with Gasteiger partial charge in [-0.05, 0) is 25.5 Å². The summed E-state index contributed by atoms with van der Waals surface area (Å²) in [5.41, 5.74) is 6.19. The van der Waals surface area contributed by atoms with Crippen molar-refractivity contribution in [1.29, 1.82) is 0 Å². The smallest absolute Gasteiger partial charge is 0.325 e. The molecule has 0 amide bonds. The third kappa shape index (κ3) is 4.30. The number of carbonyl (C=O) groups excluding carboxylic acids is 1. The molecule has 0 saturated heterocycles. The molecule has 0 unspecified atom stereocenters. The Kier molecular flexibility index (Phi) is 5.26. The van der Waals surface area contributed by atoms with Gasteiger partial charge in [0.25, 0.3) is 0 Å². The van der Waals surface area contributed by atoms with E-state index in [0.29, 0.717) is 12.3 Å². The average molecular weight is 237 g/mol. The third-order valence-electron chi connectivity index (χ3n) is 2.21. The minimum Gasteiger partial charge on any atom is -0.465 e. The van der Waals surface area contributed by atoms with Gasteiger partial charge in [0.2, 0.25) is 0 Å². The van der Waals surface area contributed by atoms with Crippen LogP contribution >= 0.6 is 0 Å². The van der Waals surface area contributed by atoms with E-state index in [1.54, 1.807) is 19.2 Å². The summed E-state index contributed by atoms with van der Waals surface area (Å²) in [7, 11) is 0. The number of nitrogen functional groups attached to an aromatic ring is 1. The second-order valence-electron chi connectivity index (χ2n) is 3.68. The van der Waals surface area contributed by atoms with Crippen molar-refractivity contribution in [3.63, 3.8) is 0 Å². The van der Waals surface area contributed by atoms with E-state index >= 15 is 0 Å². The first-order chi connectivity index (χ1) is 8.17. The number of pyridine rings is 1. The first-order valence-electron chi connectivity index (χ1n) is 5.79. The summed E-state index contributed by atoms with van der Waals surface area (Å²) in [4.78, 5) is 17.5. The Morgan fingerprint density at radius 1 is 1.47 bits per heavy atom. The lowest BCUT2D eigenvalue weighted by Gasteiger charge is -2.21. The molecule has 0 aliphatic carbocycles. The van der Waals surface area contributed by atoms with Crippen molar-refractivity contribution in [1.82, 2.24) is 4.98 Å². The number of carbonyl (C=O) groups is 1. The Morgan fingerprint density at radius 2 is 2.24 bits per heavy atom. The largest absolute Gasteiger partial charge is 0.465 e. The molecule has 0 aliphatic rings. The van der Waals surface area contributed by atoms with Crippen LogP contribution in [0.15, 0.2) is 18.3 Å². The lowest BCUT2D eigenvalue weighted by atomic mass is 10.3. The van der Waals surface area contributed by atoms with Crippen molar-refractivity contribution in [2.24, 2.45) is 0 Å². The molecule has 0 radical (unpaired) electrons. The second kappa shape index (κ2) is 6.73. The van der Waals surface area contributed by atoms with E-state index in [9.17, 15) is 4.79 Å². The van der Waals surface area contributed by atoms with Crippen LogP contribution in [0.4, 0.5) is 11.5 Å². The minimum absolute atomic E-state index is 0.221. The summed E-state index contributed by atoms with van der Waals surface area (Å²) in [5, 5.41) is 0. The number of nitrogens with two attached hydrogens (primary N) is 1. The number of hydrogen-bond donors (Lipinski definition) is 1. The van der Waals surface area contributed by atoms with Gasteiger partial charge in [-0.15, -0.1) is 0 Å². The Hall–Kier alpha value is -1.78. The number of aromatic nitrogens is 1. The molecular formula is C12H19N3O2. The van der Waals surface area contributed by atoms with Crippen LogP contribution < -0.4 is 10.6 Å². The van der Waals surface area contributed by atoms with Gasteiger partial charge in [-0.25, -0.2) is 4.98 Å². The molecule has 17 heavy (non-hydrogen) atoms. The Bertz CT molecular complexity index is 351. The summed E-state index contributed by atoms with van der Waals surface area (Å²) in [5.74, 6) is 0.508. The van der Waals surface area contributed by atoms with Crippen molar-refractivity contribution < 1.29 is 9.53 Å². The summed E-state index contributed by atoms with van der Waals surface area (Å²) in [6.45, 7) is 5.22. The minimum atomic E-state index is -0.237. The average Bonchev–Trinajstić information content (AvgIpc) is 2.30. The van der Waals surface area contributed by atoms with Gasteiger partial charge in [0.15, 0.2) is 0 Å². The van der Waals surface area contributed by atoms with Gasteiger partial charge < -0.3 is 15.4 Å². The van der Waals surface area contributed by atoms with E-state index < -0.39 is 0 Å². The summed E-state index contributed by atoms with van der Waals surface area (Å²) in [6, 6.07) is 3.58. The summed E-state index contributed by atoms with van der Waals surface area (Å²) >= 11 is 0. The first kappa shape index (κ1) is 13.3. The molecule has 5 nitrogen and oxygen atoms in total. The van der Waals surface area contributed by atoms with Crippen molar-refractivity contribution in [2.75, 3.05) is 30.3 Å². The van der Waals surface area contributed by atoms with Crippen LogP contribution in [0.5, 0.6) is 0 Å². The van der Waals surface area contributed by atoms with Gasteiger partial charge in [-0.3, -0.25) is 4.79 Å². The highest BCUT2D eigenvalue weighted by atomic mass is 16.5. The number of ether oxygens (including phenoxy) is 1. The molecular weight excluding hydrogens is 218 g/mol. The van der Waals surface area contributed by atoms with Crippen molar-refractivity contribution >= 4 is 17.5 Å². The first-order valence-corrected chi connectivity index (χ1v) is 5.79. The number of nitrogens with zero attached hydrogens (tertiary/aromatic N) is 2. The zero-order valence-corrected chi connectivity index (χ0v) is 10.3. The zero-order valence-electron chi connectivity index (χ0n) is 10.3. The van der Waals surface area contributed by atoms with E-state index in [2.05, 4.69) is 11.9 Å². The zero-order chi connectivity index (χ0) is 12.7. The van der Waals surface area contributed by atoms with Crippen LogP contribution in [0.3, 0.4) is 0 Å². The lowest BCUT2D eigenvalue weighted by molar-refractivity contribution is -0.141. The molecule has 1 rings (SSSR count). The van der Waals surface area contributed by atoms with E-state index in [0.717, 1.165) is 18.8 Å². The highest BCUT2D eigenvalue weighted by molar-refractivity contribution is 5.75. The molecule has 1 aromatic heterocycles. The molecule has 0 aliphatic heterocycles. The second-order valence-corrected chi connectivity index (χ2v) is 3.68. The molecule has 94 valence electrons. The van der Waals surface area contributed by atoms with Gasteiger partial charge in [-0.2, -0.15) is 0 Å². The number of rotatable bonds is 6. The van der Waals surface area contributed by atoms with Crippen LogP contribution in [-0.2, 0) is 9.53 Å². The molecule has 2 N–H and O–H groups in total. The highest BCUT2D eigenvalue weighted by Gasteiger charge is 2.12. The normalized spacial score (nSPS) is 10.0. The molecule has 0 bridgehead atoms. The van der Waals surface area contributed by atoms with Crippen LogP contribution in [-0.4, -0.2) is 30.6 Å². The maximum Gasteiger partial charge on any atom is 0.325 e. The van der Waals surface area contributed by atoms with E-state index in [1.165, 1.54) is 0 Å². The third-order valence-corrected chi connectivity index (χ3v) is 2.21. The van der Waals surface area contributed by atoms with E-state index in [-0.39, 0.29) is 12.5 Å². The quantitative estimate of drug-likeness (QED) is 0.758. The Balaban J connectivity index is 2.71. The van der Waals surface area contributed by atoms with Crippen LogP contribution in [0, 0.1) is 0 Å². The fraction of sp³-hybridized carbons (Fsp3) is 0.500. The van der Waals surface area contributed by atoms with Crippen molar-refractivity contribution in [3.05, 3.63) is 18.3 Å². The van der Waals surface area contributed by atoms with E-state index in [4.69, 9.17) is 10.5 Å². The highest BCUT2D eigenvalue weighted by Crippen LogP contribution is 2.12. The van der Waals surface area contributed by atoms with Gasteiger partial charge in [0.05, 0.1) is 18.5 Å². The molecule has 0 spiro atoms. The topological polar surface area (TPSA) is 68.5 Å². The van der Waals surface area contributed by atoms with Crippen LogP contribution in [0.25, 0.3) is 0 Å². The predicted molar refractivity (Wildman–Crippen MR) is 67.8 cm³/mol. The lowest BCUT2D eigenvalue weighted by Crippen LogP contribution is -2.32. The van der Waals surface area contributed by atoms with Crippen LogP contribution in [0.2, 0.25) is 0 Å². The summed E-state index contributed by atoms with van der Waals surface area (Å²) < 4.78 is 4.93. The Labute approximate surface area is 102 Å². The van der Waals surface area contributed by atoms with E-state index in [1.807, 2.05) is 11.0 Å². The predicted octanol–water partition coefficient (Wildman–Crippen LogP) is 1.44. The molecule has 0 aromatic carbocycles. The van der Waals surface area contributed by atoms with Gasteiger partial charge in [0.1, 0.15) is 12.4 Å². The summed E-state index contributed by atoms with van der Waals surface area (Å²) in [6.07, 6.45) is 2.52. The van der Waals surface area contributed by atoms with Crippen molar-refractivity contribution in [2.45, 2.75) is 20.3 Å². The molecule has 5 heteroatoms. The number of esters is 1. The van der Waals surface area contributed by atoms with Gasteiger partial charge in [0, 0.05) is 6.54 Å². The monoisotopic (exact) mass is 237 g/mol. The molecule has 1 heterocycles. The SMILES string of the molecule is CCCN(CC(=O)OCC)c1ccc(N)cn1. The maximum absolute atomic E-state index is 11.5. The fourth-order valence-corrected chi connectivity index (χ4v) is 1.49. The molecule has 0 saturated carbocycles.